The van der Waals surface area contributed by atoms with Crippen LogP contribution in [0.5, 0.6) is 0 Å². The highest BCUT2D eigenvalue weighted by Crippen LogP contribution is 2.23. The summed E-state index contributed by atoms with van der Waals surface area (Å²) in [7, 11) is 0. The Kier molecular flexibility index (Phi) is 4.51. The Morgan fingerprint density at radius 3 is 2.30 bits per heavy atom. The van der Waals surface area contributed by atoms with Crippen LogP contribution in [0.3, 0.4) is 0 Å². The number of hydrogen-bond acceptors (Lipinski definition) is 2. The zero-order chi connectivity index (χ0) is 14.5. The van der Waals surface area contributed by atoms with E-state index < -0.39 is 5.97 Å². The Labute approximate surface area is 118 Å². The molecule has 0 saturated carbocycles. The molecule has 0 unspecified atom stereocenters. The third-order valence-corrected chi connectivity index (χ3v) is 3.49. The van der Waals surface area contributed by atoms with Crippen LogP contribution in [0.1, 0.15) is 41.6 Å². The minimum Gasteiger partial charge on any atom is -0.481 e. The predicted molar refractivity (Wildman–Crippen MR) is 79.1 cm³/mol. The van der Waals surface area contributed by atoms with Crippen LogP contribution in [0.4, 0.5) is 0 Å². The topological polar surface area (TPSA) is 54.4 Å². The Balaban J connectivity index is 2.14. The molecule has 0 saturated heterocycles. The van der Waals surface area contributed by atoms with Crippen LogP contribution in [0.2, 0.25) is 0 Å². The van der Waals surface area contributed by atoms with Crippen molar-refractivity contribution in [2.45, 2.75) is 32.6 Å². The van der Waals surface area contributed by atoms with E-state index in [1.807, 2.05) is 43.3 Å². The van der Waals surface area contributed by atoms with Gasteiger partial charge in [-0.25, -0.2) is 0 Å². The number of unbranched alkanes of at least 4 members (excludes halogenated alkanes) is 1. The van der Waals surface area contributed by atoms with E-state index in [0.29, 0.717) is 19.3 Å². The van der Waals surface area contributed by atoms with Gasteiger partial charge in [-0.3, -0.25) is 9.59 Å². The molecule has 2 aromatic carbocycles. The molecule has 0 fully saturated rings. The smallest absolute Gasteiger partial charge is 0.303 e. The number of aliphatic carboxylic acids is 1. The molecular weight excluding hydrogens is 252 g/mol. The molecule has 3 nitrogen and oxygen atoms in total. The molecule has 0 radical (unpaired) electrons. The Morgan fingerprint density at radius 2 is 1.60 bits per heavy atom. The van der Waals surface area contributed by atoms with Crippen molar-refractivity contribution in [3.8, 4) is 0 Å². The van der Waals surface area contributed by atoms with Crippen molar-refractivity contribution in [2.24, 2.45) is 0 Å². The van der Waals surface area contributed by atoms with Gasteiger partial charge in [0.2, 0.25) is 0 Å². The van der Waals surface area contributed by atoms with Gasteiger partial charge in [0.1, 0.15) is 0 Å². The molecule has 2 rings (SSSR count). The standard InChI is InChI=1S/C17H18O3/c1-12-10-11-15(14-7-3-2-6-13(12)14)16(18)8-4-5-9-17(19)20/h2-3,6-7,10-11H,4-5,8-9H2,1H3,(H,19,20). The monoisotopic (exact) mass is 270 g/mol. The summed E-state index contributed by atoms with van der Waals surface area (Å²) in [5.41, 5.74) is 1.89. The van der Waals surface area contributed by atoms with Crippen molar-refractivity contribution in [3.05, 3.63) is 47.5 Å². The lowest BCUT2D eigenvalue weighted by Gasteiger charge is -2.08. The van der Waals surface area contributed by atoms with Gasteiger partial charge in [0, 0.05) is 18.4 Å². The molecule has 3 heteroatoms. The molecule has 0 aliphatic carbocycles. The molecular formula is C17H18O3. The maximum atomic E-state index is 12.3. The second-order valence-electron chi connectivity index (χ2n) is 5.00. The molecule has 0 aromatic heterocycles. The molecule has 0 heterocycles. The Bertz CT molecular complexity index is 644. The summed E-state index contributed by atoms with van der Waals surface area (Å²) in [5.74, 6) is -0.718. The van der Waals surface area contributed by atoms with Crippen LogP contribution in [-0.2, 0) is 4.79 Å². The van der Waals surface area contributed by atoms with Gasteiger partial charge in [-0.05, 0) is 36.1 Å². The zero-order valence-electron chi connectivity index (χ0n) is 11.6. The van der Waals surface area contributed by atoms with E-state index in [0.717, 1.165) is 21.9 Å². The SMILES string of the molecule is Cc1ccc(C(=O)CCCCC(=O)O)c2ccccc12. The highest BCUT2D eigenvalue weighted by Gasteiger charge is 2.11. The van der Waals surface area contributed by atoms with Crippen LogP contribution in [0, 0.1) is 6.92 Å². The number of carboxylic acids is 1. The minimum absolute atomic E-state index is 0.0894. The number of carbonyl (C=O) groups excluding carboxylic acids is 1. The number of rotatable bonds is 6. The highest BCUT2D eigenvalue weighted by molar-refractivity contribution is 6.08. The van der Waals surface area contributed by atoms with Crippen molar-refractivity contribution in [3.63, 3.8) is 0 Å². The van der Waals surface area contributed by atoms with E-state index in [9.17, 15) is 9.59 Å². The van der Waals surface area contributed by atoms with E-state index >= 15 is 0 Å². The van der Waals surface area contributed by atoms with E-state index in [2.05, 4.69) is 0 Å². The van der Waals surface area contributed by atoms with Gasteiger partial charge in [-0.15, -0.1) is 0 Å². The van der Waals surface area contributed by atoms with Crippen molar-refractivity contribution in [2.75, 3.05) is 0 Å². The average molecular weight is 270 g/mol. The number of benzene rings is 2. The Morgan fingerprint density at radius 1 is 0.950 bits per heavy atom. The normalized spacial score (nSPS) is 10.7. The average Bonchev–Trinajstić information content (AvgIpc) is 2.44. The molecule has 0 spiro atoms. The van der Waals surface area contributed by atoms with E-state index in [-0.39, 0.29) is 12.2 Å². The first-order chi connectivity index (χ1) is 9.59. The summed E-state index contributed by atoms with van der Waals surface area (Å²) >= 11 is 0. The maximum Gasteiger partial charge on any atom is 0.303 e. The second-order valence-corrected chi connectivity index (χ2v) is 5.00. The molecule has 0 bridgehead atoms. The summed E-state index contributed by atoms with van der Waals surface area (Å²) in [6.45, 7) is 2.03. The molecule has 0 atom stereocenters. The number of Topliss-reactive ketones (excluding diaryl/α,β-unsaturated/α-hetero) is 1. The maximum absolute atomic E-state index is 12.3. The summed E-state index contributed by atoms with van der Waals surface area (Å²) in [5, 5.41) is 10.7. The fourth-order valence-electron chi connectivity index (χ4n) is 2.39. The van der Waals surface area contributed by atoms with Gasteiger partial charge in [0.25, 0.3) is 0 Å². The first-order valence-corrected chi connectivity index (χ1v) is 6.83. The first-order valence-electron chi connectivity index (χ1n) is 6.83. The first kappa shape index (κ1) is 14.3. The molecule has 1 N–H and O–H groups in total. The lowest BCUT2D eigenvalue weighted by molar-refractivity contribution is -0.137. The van der Waals surface area contributed by atoms with Crippen molar-refractivity contribution in [1.82, 2.24) is 0 Å². The summed E-state index contributed by atoms with van der Waals surface area (Å²) < 4.78 is 0. The van der Waals surface area contributed by atoms with Crippen LogP contribution < -0.4 is 0 Å². The van der Waals surface area contributed by atoms with E-state index in [4.69, 9.17) is 5.11 Å². The van der Waals surface area contributed by atoms with Crippen LogP contribution in [0.25, 0.3) is 10.8 Å². The van der Waals surface area contributed by atoms with Gasteiger partial charge >= 0.3 is 5.97 Å². The quantitative estimate of drug-likeness (QED) is 0.638. The number of fused-ring (bicyclic) bond motifs is 1. The Hall–Kier alpha value is -2.16. The predicted octanol–water partition coefficient (Wildman–Crippen LogP) is 3.98. The molecule has 20 heavy (non-hydrogen) atoms. The lowest BCUT2D eigenvalue weighted by atomic mass is 9.96. The van der Waals surface area contributed by atoms with Crippen LogP contribution >= 0.6 is 0 Å². The third kappa shape index (κ3) is 3.23. The van der Waals surface area contributed by atoms with Crippen molar-refractivity contribution in [1.29, 1.82) is 0 Å². The summed E-state index contributed by atoms with van der Waals surface area (Å²) in [4.78, 5) is 22.7. The molecule has 0 aliphatic heterocycles. The number of ketones is 1. The minimum atomic E-state index is -0.807. The van der Waals surface area contributed by atoms with Gasteiger partial charge in [-0.1, -0.05) is 36.4 Å². The third-order valence-electron chi connectivity index (χ3n) is 3.49. The fraction of sp³-hybridized carbons (Fsp3) is 0.294. The molecule has 0 amide bonds. The fourth-order valence-corrected chi connectivity index (χ4v) is 2.39. The number of aryl methyl sites for hydroxylation is 1. The summed E-state index contributed by atoms with van der Waals surface area (Å²) in [6, 6.07) is 11.7. The van der Waals surface area contributed by atoms with E-state index in [1.165, 1.54) is 0 Å². The van der Waals surface area contributed by atoms with E-state index in [1.54, 1.807) is 0 Å². The van der Waals surface area contributed by atoms with Crippen LogP contribution in [0.15, 0.2) is 36.4 Å². The summed E-state index contributed by atoms with van der Waals surface area (Å²) in [6.07, 6.45) is 1.69. The number of carbonyl (C=O) groups is 2. The molecule has 104 valence electrons. The van der Waals surface area contributed by atoms with Crippen LogP contribution in [-0.4, -0.2) is 16.9 Å². The van der Waals surface area contributed by atoms with Gasteiger partial charge in [0.15, 0.2) is 5.78 Å². The van der Waals surface area contributed by atoms with Gasteiger partial charge in [0.05, 0.1) is 0 Å². The highest BCUT2D eigenvalue weighted by atomic mass is 16.4. The zero-order valence-corrected chi connectivity index (χ0v) is 11.6. The lowest BCUT2D eigenvalue weighted by Crippen LogP contribution is -2.02. The molecule has 0 aliphatic rings. The largest absolute Gasteiger partial charge is 0.481 e. The van der Waals surface area contributed by atoms with Gasteiger partial charge < -0.3 is 5.11 Å². The number of carboxylic acid groups (broad SMARTS) is 1. The second kappa shape index (κ2) is 6.33. The number of hydrogen-bond donors (Lipinski definition) is 1. The van der Waals surface area contributed by atoms with Crippen molar-refractivity contribution < 1.29 is 14.7 Å². The molecule has 2 aromatic rings. The van der Waals surface area contributed by atoms with Crippen molar-refractivity contribution >= 4 is 22.5 Å². The van der Waals surface area contributed by atoms with Gasteiger partial charge in [-0.2, -0.15) is 0 Å².